The molecule has 0 aliphatic rings. The quantitative estimate of drug-likeness (QED) is 0.835. The number of carbonyl (C=O) groups excluding carboxylic acids is 2. The van der Waals surface area contributed by atoms with E-state index in [1.54, 1.807) is 6.07 Å². The summed E-state index contributed by atoms with van der Waals surface area (Å²) in [7, 11) is 0. The highest BCUT2D eigenvalue weighted by molar-refractivity contribution is 5.96. The van der Waals surface area contributed by atoms with Gasteiger partial charge in [-0.3, -0.25) is 9.59 Å². The Bertz CT molecular complexity index is 435. The van der Waals surface area contributed by atoms with E-state index >= 15 is 0 Å². The number of rotatable bonds is 6. The highest BCUT2D eigenvalue weighted by atomic mass is 19.1. The lowest BCUT2D eigenvalue weighted by atomic mass is 10.1. The molecule has 0 aliphatic heterocycles. The lowest BCUT2D eigenvalue weighted by molar-refractivity contribution is -0.118. The number of hydrogen-bond acceptors (Lipinski definition) is 2. The molecule has 0 bridgehead atoms. The molecule has 1 aromatic rings. The fourth-order valence-corrected chi connectivity index (χ4v) is 1.59. The number of benzene rings is 1. The Morgan fingerprint density at radius 1 is 1.33 bits per heavy atom. The first kappa shape index (κ1) is 14.2. The first-order valence-electron chi connectivity index (χ1n) is 5.88. The van der Waals surface area contributed by atoms with Crippen LogP contribution in [0.5, 0.6) is 0 Å². The van der Waals surface area contributed by atoms with Crippen LogP contribution in [-0.2, 0) is 4.79 Å². The molecule has 0 fully saturated rings. The molecule has 0 spiro atoms. The summed E-state index contributed by atoms with van der Waals surface area (Å²) < 4.78 is 13.5. The van der Waals surface area contributed by atoms with Crippen LogP contribution in [0, 0.1) is 5.82 Å². The standard InChI is InChI=1S/C13H17FN2O2/c1-2-3-8-16(9-12(15)17)13(18)10-6-4-5-7-11(10)14/h4-7H,2-3,8-9H2,1H3,(H2,15,17). The molecule has 0 atom stereocenters. The second-order valence-electron chi connectivity index (χ2n) is 4.03. The van der Waals surface area contributed by atoms with Crippen LogP contribution in [0.25, 0.3) is 0 Å². The molecule has 0 radical (unpaired) electrons. The number of amides is 2. The molecule has 0 aromatic heterocycles. The van der Waals surface area contributed by atoms with Crippen molar-refractivity contribution in [3.05, 3.63) is 35.6 Å². The highest BCUT2D eigenvalue weighted by Crippen LogP contribution is 2.10. The molecule has 0 aliphatic carbocycles. The van der Waals surface area contributed by atoms with Crippen LogP contribution in [0.2, 0.25) is 0 Å². The molecule has 0 heterocycles. The van der Waals surface area contributed by atoms with Gasteiger partial charge in [0.2, 0.25) is 5.91 Å². The molecule has 98 valence electrons. The van der Waals surface area contributed by atoms with Gasteiger partial charge in [-0.1, -0.05) is 25.5 Å². The normalized spacial score (nSPS) is 10.1. The summed E-state index contributed by atoms with van der Waals surface area (Å²) in [6.07, 6.45) is 1.62. The average Bonchev–Trinajstić information content (AvgIpc) is 2.34. The lowest BCUT2D eigenvalue weighted by Crippen LogP contribution is -2.39. The Morgan fingerprint density at radius 3 is 2.56 bits per heavy atom. The van der Waals surface area contributed by atoms with Crippen LogP contribution in [0.4, 0.5) is 4.39 Å². The van der Waals surface area contributed by atoms with Crippen molar-refractivity contribution in [1.82, 2.24) is 4.90 Å². The third-order valence-electron chi connectivity index (χ3n) is 2.52. The van der Waals surface area contributed by atoms with Crippen molar-refractivity contribution >= 4 is 11.8 Å². The maximum absolute atomic E-state index is 13.5. The van der Waals surface area contributed by atoms with Crippen molar-refractivity contribution in [2.24, 2.45) is 5.73 Å². The first-order chi connectivity index (χ1) is 8.56. The van der Waals surface area contributed by atoms with E-state index in [4.69, 9.17) is 5.73 Å². The van der Waals surface area contributed by atoms with E-state index in [0.29, 0.717) is 6.54 Å². The molecular formula is C13H17FN2O2. The van der Waals surface area contributed by atoms with E-state index < -0.39 is 17.6 Å². The van der Waals surface area contributed by atoms with E-state index in [2.05, 4.69) is 0 Å². The van der Waals surface area contributed by atoms with Crippen molar-refractivity contribution in [2.75, 3.05) is 13.1 Å². The second kappa shape index (κ2) is 6.74. The minimum atomic E-state index is -0.601. The molecule has 0 saturated carbocycles. The number of halogens is 1. The van der Waals surface area contributed by atoms with Crippen LogP contribution in [0.15, 0.2) is 24.3 Å². The van der Waals surface area contributed by atoms with Crippen LogP contribution >= 0.6 is 0 Å². The predicted molar refractivity (Wildman–Crippen MR) is 66.4 cm³/mol. The molecule has 1 aromatic carbocycles. The van der Waals surface area contributed by atoms with Crippen LogP contribution < -0.4 is 5.73 Å². The second-order valence-corrected chi connectivity index (χ2v) is 4.03. The van der Waals surface area contributed by atoms with Gasteiger partial charge in [-0.25, -0.2) is 4.39 Å². The zero-order valence-corrected chi connectivity index (χ0v) is 10.4. The number of primary amides is 1. The molecule has 4 nitrogen and oxygen atoms in total. The van der Waals surface area contributed by atoms with Gasteiger partial charge in [-0.05, 0) is 18.6 Å². The lowest BCUT2D eigenvalue weighted by Gasteiger charge is -2.21. The molecule has 2 amide bonds. The van der Waals surface area contributed by atoms with Crippen molar-refractivity contribution in [1.29, 1.82) is 0 Å². The average molecular weight is 252 g/mol. The van der Waals surface area contributed by atoms with Gasteiger partial charge in [0.05, 0.1) is 12.1 Å². The Hall–Kier alpha value is -1.91. The zero-order valence-electron chi connectivity index (χ0n) is 10.4. The fourth-order valence-electron chi connectivity index (χ4n) is 1.59. The highest BCUT2D eigenvalue weighted by Gasteiger charge is 2.19. The molecule has 1 rings (SSSR count). The van der Waals surface area contributed by atoms with E-state index in [0.717, 1.165) is 12.8 Å². The maximum Gasteiger partial charge on any atom is 0.257 e. The van der Waals surface area contributed by atoms with Crippen LogP contribution in [-0.4, -0.2) is 29.8 Å². The van der Waals surface area contributed by atoms with E-state index in [1.165, 1.54) is 23.1 Å². The van der Waals surface area contributed by atoms with Crippen molar-refractivity contribution in [3.63, 3.8) is 0 Å². The Balaban J connectivity index is 2.87. The van der Waals surface area contributed by atoms with Crippen LogP contribution in [0.3, 0.4) is 0 Å². The van der Waals surface area contributed by atoms with Gasteiger partial charge >= 0.3 is 0 Å². The Kier molecular flexibility index (Phi) is 5.30. The van der Waals surface area contributed by atoms with Gasteiger partial charge in [0, 0.05) is 6.54 Å². The SMILES string of the molecule is CCCCN(CC(N)=O)C(=O)c1ccccc1F. The molecule has 0 saturated heterocycles. The minimum Gasteiger partial charge on any atom is -0.368 e. The molecule has 2 N–H and O–H groups in total. The summed E-state index contributed by atoms with van der Waals surface area (Å²) in [5.74, 6) is -1.69. The molecule has 18 heavy (non-hydrogen) atoms. The Labute approximate surface area is 106 Å². The van der Waals surface area contributed by atoms with E-state index in [9.17, 15) is 14.0 Å². The van der Waals surface area contributed by atoms with Crippen molar-refractivity contribution in [2.45, 2.75) is 19.8 Å². The third-order valence-corrected chi connectivity index (χ3v) is 2.52. The number of unbranched alkanes of at least 4 members (excludes halogenated alkanes) is 1. The zero-order chi connectivity index (χ0) is 13.5. The monoisotopic (exact) mass is 252 g/mol. The number of nitrogens with two attached hydrogens (primary N) is 1. The van der Waals surface area contributed by atoms with Crippen molar-refractivity contribution < 1.29 is 14.0 Å². The maximum atomic E-state index is 13.5. The third kappa shape index (κ3) is 3.84. The smallest absolute Gasteiger partial charge is 0.257 e. The largest absolute Gasteiger partial charge is 0.368 e. The summed E-state index contributed by atoms with van der Waals surface area (Å²) >= 11 is 0. The van der Waals surface area contributed by atoms with Gasteiger partial charge in [-0.2, -0.15) is 0 Å². The van der Waals surface area contributed by atoms with Gasteiger partial charge in [0.1, 0.15) is 5.82 Å². The summed E-state index contributed by atoms with van der Waals surface area (Å²) in [6.45, 7) is 2.18. The Morgan fingerprint density at radius 2 is 2.00 bits per heavy atom. The number of nitrogens with zero attached hydrogens (tertiary/aromatic N) is 1. The van der Waals surface area contributed by atoms with Gasteiger partial charge in [0.25, 0.3) is 5.91 Å². The topological polar surface area (TPSA) is 63.4 Å². The summed E-state index contributed by atoms with van der Waals surface area (Å²) in [4.78, 5) is 24.3. The van der Waals surface area contributed by atoms with Crippen molar-refractivity contribution in [3.8, 4) is 0 Å². The summed E-state index contributed by atoms with van der Waals surface area (Å²) in [5.41, 5.74) is 5.06. The van der Waals surface area contributed by atoms with E-state index in [-0.39, 0.29) is 12.1 Å². The van der Waals surface area contributed by atoms with Gasteiger partial charge < -0.3 is 10.6 Å². The summed E-state index contributed by atoms with van der Waals surface area (Å²) in [5, 5.41) is 0. The van der Waals surface area contributed by atoms with Crippen LogP contribution in [0.1, 0.15) is 30.1 Å². The fraction of sp³-hybridized carbons (Fsp3) is 0.385. The summed E-state index contributed by atoms with van der Waals surface area (Å²) in [6, 6.07) is 5.71. The molecule has 0 unspecified atom stereocenters. The van der Waals surface area contributed by atoms with Gasteiger partial charge in [0.15, 0.2) is 0 Å². The van der Waals surface area contributed by atoms with E-state index in [1.807, 2.05) is 6.92 Å². The number of carbonyl (C=O) groups is 2. The number of hydrogen-bond donors (Lipinski definition) is 1. The van der Waals surface area contributed by atoms with Gasteiger partial charge in [-0.15, -0.1) is 0 Å². The molecular weight excluding hydrogens is 235 g/mol. The first-order valence-corrected chi connectivity index (χ1v) is 5.88. The molecule has 5 heteroatoms. The minimum absolute atomic E-state index is 0.0325. The predicted octanol–water partition coefficient (Wildman–Crippen LogP) is 1.55.